The molecule has 88 valence electrons. The van der Waals surface area contributed by atoms with E-state index in [-0.39, 0.29) is 5.78 Å². The van der Waals surface area contributed by atoms with Gasteiger partial charge in [0.1, 0.15) is 11.5 Å². The highest BCUT2D eigenvalue weighted by atomic mass is 16.5. The van der Waals surface area contributed by atoms with Crippen molar-refractivity contribution in [3.63, 3.8) is 0 Å². The largest absolute Gasteiger partial charge is 0.496 e. The van der Waals surface area contributed by atoms with Crippen LogP contribution in [0.15, 0.2) is 12.1 Å². The lowest BCUT2D eigenvalue weighted by Gasteiger charge is -2.13. The van der Waals surface area contributed by atoms with E-state index >= 15 is 0 Å². The van der Waals surface area contributed by atoms with E-state index in [0.717, 1.165) is 17.0 Å². The topological polar surface area (TPSA) is 38.3 Å². The zero-order valence-electron chi connectivity index (χ0n) is 10.4. The molecule has 0 fully saturated rings. The standard InChI is InChI=1S/C13H19NO2/c1-9(15)7-8-14-12-5-6-13(16-4)11(3)10(12)2/h5-6,14H,7-8H2,1-4H3. The lowest BCUT2D eigenvalue weighted by Crippen LogP contribution is -2.07. The van der Waals surface area contributed by atoms with Crippen molar-refractivity contribution in [2.75, 3.05) is 19.0 Å². The van der Waals surface area contributed by atoms with Gasteiger partial charge in [-0.25, -0.2) is 0 Å². The first kappa shape index (κ1) is 12.6. The van der Waals surface area contributed by atoms with Gasteiger partial charge in [0.05, 0.1) is 7.11 Å². The van der Waals surface area contributed by atoms with Crippen molar-refractivity contribution in [1.82, 2.24) is 0 Å². The van der Waals surface area contributed by atoms with E-state index in [1.807, 2.05) is 26.0 Å². The molecule has 0 amide bonds. The van der Waals surface area contributed by atoms with Gasteiger partial charge in [-0.15, -0.1) is 0 Å². The molecule has 1 aromatic carbocycles. The fourth-order valence-corrected chi connectivity index (χ4v) is 1.58. The molecule has 0 bridgehead atoms. The number of hydrogen-bond donors (Lipinski definition) is 1. The molecule has 3 nitrogen and oxygen atoms in total. The van der Waals surface area contributed by atoms with E-state index in [2.05, 4.69) is 5.32 Å². The summed E-state index contributed by atoms with van der Waals surface area (Å²) in [6.45, 7) is 6.37. The number of ketones is 1. The average molecular weight is 221 g/mol. The fraction of sp³-hybridized carbons (Fsp3) is 0.462. The molecule has 0 aliphatic carbocycles. The highest BCUT2D eigenvalue weighted by Crippen LogP contribution is 2.26. The number of methoxy groups -OCH3 is 1. The minimum atomic E-state index is 0.204. The summed E-state index contributed by atoms with van der Waals surface area (Å²) in [5, 5.41) is 3.26. The van der Waals surface area contributed by atoms with Crippen molar-refractivity contribution in [2.45, 2.75) is 27.2 Å². The van der Waals surface area contributed by atoms with Crippen LogP contribution in [0.3, 0.4) is 0 Å². The number of carbonyl (C=O) groups is 1. The summed E-state index contributed by atoms with van der Waals surface area (Å²) < 4.78 is 5.24. The Hall–Kier alpha value is -1.51. The Morgan fingerprint density at radius 2 is 2.00 bits per heavy atom. The molecular weight excluding hydrogens is 202 g/mol. The number of carbonyl (C=O) groups excluding carboxylic acids is 1. The van der Waals surface area contributed by atoms with Crippen LogP contribution < -0.4 is 10.1 Å². The summed E-state index contributed by atoms with van der Waals surface area (Å²) >= 11 is 0. The Morgan fingerprint density at radius 1 is 1.31 bits per heavy atom. The van der Waals surface area contributed by atoms with E-state index in [1.54, 1.807) is 14.0 Å². The van der Waals surface area contributed by atoms with Crippen molar-refractivity contribution >= 4 is 11.5 Å². The SMILES string of the molecule is COc1ccc(NCCC(C)=O)c(C)c1C. The Morgan fingerprint density at radius 3 is 2.56 bits per heavy atom. The van der Waals surface area contributed by atoms with Crippen molar-refractivity contribution in [2.24, 2.45) is 0 Å². The third kappa shape index (κ3) is 2.99. The number of rotatable bonds is 5. The maximum absolute atomic E-state index is 10.8. The van der Waals surface area contributed by atoms with Gasteiger partial charge < -0.3 is 10.1 Å². The zero-order chi connectivity index (χ0) is 12.1. The van der Waals surface area contributed by atoms with E-state index < -0.39 is 0 Å². The first-order chi connectivity index (χ1) is 7.56. The van der Waals surface area contributed by atoms with Gasteiger partial charge in [0, 0.05) is 18.7 Å². The molecule has 0 heterocycles. The molecular formula is C13H19NO2. The molecule has 0 radical (unpaired) electrons. The maximum Gasteiger partial charge on any atom is 0.131 e. The van der Waals surface area contributed by atoms with Gasteiger partial charge in [-0.3, -0.25) is 4.79 Å². The average Bonchev–Trinajstić information content (AvgIpc) is 2.24. The predicted octanol–water partition coefficient (Wildman–Crippen LogP) is 2.70. The van der Waals surface area contributed by atoms with Crippen LogP contribution in [0.4, 0.5) is 5.69 Å². The molecule has 0 spiro atoms. The normalized spacial score (nSPS) is 10.0. The van der Waals surface area contributed by atoms with Crippen molar-refractivity contribution in [3.8, 4) is 5.75 Å². The molecule has 0 aliphatic heterocycles. The molecule has 1 aromatic rings. The minimum Gasteiger partial charge on any atom is -0.496 e. The third-order valence-corrected chi connectivity index (χ3v) is 2.75. The smallest absolute Gasteiger partial charge is 0.131 e. The van der Waals surface area contributed by atoms with Crippen molar-refractivity contribution in [1.29, 1.82) is 0 Å². The van der Waals surface area contributed by atoms with Crippen molar-refractivity contribution in [3.05, 3.63) is 23.3 Å². The number of ether oxygens (including phenoxy) is 1. The number of hydrogen-bond acceptors (Lipinski definition) is 3. The number of benzene rings is 1. The van der Waals surface area contributed by atoms with Gasteiger partial charge in [0.25, 0.3) is 0 Å². The Bertz CT molecular complexity index is 386. The second-order valence-corrected chi connectivity index (χ2v) is 3.94. The van der Waals surface area contributed by atoms with Crippen LogP contribution in [0.25, 0.3) is 0 Å². The maximum atomic E-state index is 10.8. The van der Waals surface area contributed by atoms with Gasteiger partial charge in [-0.2, -0.15) is 0 Å². The zero-order valence-corrected chi connectivity index (χ0v) is 10.4. The summed E-state index contributed by atoms with van der Waals surface area (Å²) in [5.74, 6) is 1.10. The molecule has 1 N–H and O–H groups in total. The van der Waals surface area contributed by atoms with Gasteiger partial charge in [-0.05, 0) is 44.0 Å². The van der Waals surface area contributed by atoms with Crippen LogP contribution in [-0.4, -0.2) is 19.4 Å². The molecule has 0 unspecified atom stereocenters. The van der Waals surface area contributed by atoms with Gasteiger partial charge in [0.15, 0.2) is 0 Å². The molecule has 0 atom stereocenters. The monoisotopic (exact) mass is 221 g/mol. The first-order valence-corrected chi connectivity index (χ1v) is 5.43. The van der Waals surface area contributed by atoms with Gasteiger partial charge in [-0.1, -0.05) is 0 Å². The van der Waals surface area contributed by atoms with Crippen LogP contribution in [0.1, 0.15) is 24.5 Å². The molecule has 0 saturated carbocycles. The van der Waals surface area contributed by atoms with Gasteiger partial charge in [0.2, 0.25) is 0 Å². The quantitative estimate of drug-likeness (QED) is 0.830. The molecule has 16 heavy (non-hydrogen) atoms. The van der Waals surface area contributed by atoms with Crippen LogP contribution in [0.5, 0.6) is 5.75 Å². The third-order valence-electron chi connectivity index (χ3n) is 2.75. The molecule has 1 rings (SSSR count). The van der Waals surface area contributed by atoms with Crippen LogP contribution in [-0.2, 0) is 4.79 Å². The van der Waals surface area contributed by atoms with Crippen molar-refractivity contribution < 1.29 is 9.53 Å². The van der Waals surface area contributed by atoms with E-state index in [9.17, 15) is 4.79 Å². The van der Waals surface area contributed by atoms with E-state index in [1.165, 1.54) is 5.56 Å². The molecule has 0 saturated heterocycles. The fourth-order valence-electron chi connectivity index (χ4n) is 1.58. The highest BCUT2D eigenvalue weighted by molar-refractivity contribution is 5.76. The summed E-state index contributed by atoms with van der Waals surface area (Å²) in [6.07, 6.45) is 0.560. The summed E-state index contributed by atoms with van der Waals surface area (Å²) in [7, 11) is 1.67. The summed E-state index contributed by atoms with van der Waals surface area (Å²) in [6, 6.07) is 3.93. The van der Waals surface area contributed by atoms with Crippen LogP contribution in [0, 0.1) is 13.8 Å². The van der Waals surface area contributed by atoms with Gasteiger partial charge >= 0.3 is 0 Å². The Labute approximate surface area is 96.8 Å². The number of nitrogens with one attached hydrogen (secondary N) is 1. The minimum absolute atomic E-state index is 0.204. The summed E-state index contributed by atoms with van der Waals surface area (Å²) in [4.78, 5) is 10.8. The number of anilines is 1. The summed E-state index contributed by atoms with van der Waals surface area (Å²) in [5.41, 5.74) is 3.37. The first-order valence-electron chi connectivity index (χ1n) is 5.43. The second kappa shape index (κ2) is 5.54. The molecule has 0 aliphatic rings. The molecule has 3 heteroatoms. The molecule has 0 aromatic heterocycles. The second-order valence-electron chi connectivity index (χ2n) is 3.94. The lowest BCUT2D eigenvalue weighted by atomic mass is 10.1. The lowest BCUT2D eigenvalue weighted by molar-refractivity contribution is -0.116. The predicted molar refractivity (Wildman–Crippen MR) is 66.3 cm³/mol. The highest BCUT2D eigenvalue weighted by Gasteiger charge is 2.06. The van der Waals surface area contributed by atoms with E-state index in [4.69, 9.17) is 4.74 Å². The Kier molecular flexibility index (Phi) is 4.35. The van der Waals surface area contributed by atoms with E-state index in [0.29, 0.717) is 13.0 Å². The van der Waals surface area contributed by atoms with Crippen LogP contribution in [0.2, 0.25) is 0 Å². The Balaban J connectivity index is 2.74. The van der Waals surface area contributed by atoms with Crippen LogP contribution >= 0.6 is 0 Å². The number of Topliss-reactive ketones (excluding diaryl/α,β-unsaturated/α-hetero) is 1.